The number of para-hydroxylation sites is 8. The smallest absolute Gasteiger partial charge is 0.0991 e. The Morgan fingerprint density at radius 2 is 0.478 bits per heavy atom. The van der Waals surface area contributed by atoms with Gasteiger partial charge in [0.2, 0.25) is 0 Å². The Kier molecular flexibility index (Phi) is 10.5. The molecule has 0 bridgehead atoms. The van der Waals surface area contributed by atoms with E-state index in [9.17, 15) is 5.26 Å². The lowest BCUT2D eigenvalue weighted by atomic mass is 10.0. The Bertz CT molecular complexity index is 5680. The number of rotatable bonds is 7. The molecule has 92 heavy (non-hydrogen) atoms. The predicted octanol–water partition coefficient (Wildman–Crippen LogP) is 21.2. The second-order valence-electron chi connectivity index (χ2n) is 24.2. The van der Waals surface area contributed by atoms with Crippen LogP contribution in [0.5, 0.6) is 0 Å². The topological polar surface area (TPSA) is 66.3 Å². The first-order chi connectivity index (χ1) is 45.6. The predicted molar refractivity (Wildman–Crippen MR) is 380 cm³/mol. The van der Waals surface area contributed by atoms with Gasteiger partial charge in [-0.2, -0.15) is 5.26 Å². The minimum atomic E-state index is 0.568. The van der Waals surface area contributed by atoms with Crippen LogP contribution >= 0.6 is 0 Å². The van der Waals surface area contributed by atoms with Gasteiger partial charge in [-0.3, -0.25) is 4.98 Å². The van der Waals surface area contributed by atoms with E-state index in [1.54, 1.807) is 0 Å². The highest BCUT2D eigenvalue weighted by Gasteiger charge is 2.26. The molecule has 0 saturated heterocycles. The van der Waals surface area contributed by atoms with Gasteiger partial charge in [0.05, 0.1) is 102 Å². The first-order valence-electron chi connectivity index (χ1n) is 31.2. The van der Waals surface area contributed by atoms with E-state index in [2.05, 4.69) is 306 Å². The number of benzene rings is 13. The number of hydrogen-bond donors (Lipinski definition) is 0. The van der Waals surface area contributed by atoms with Gasteiger partial charge in [-0.25, -0.2) is 0 Å². The average molecular weight is 1170 g/mol. The molecule has 20 rings (SSSR count). The van der Waals surface area contributed by atoms with E-state index >= 15 is 0 Å². The van der Waals surface area contributed by atoms with Gasteiger partial charge >= 0.3 is 0 Å². The molecule has 426 valence electrons. The second kappa shape index (κ2) is 19.2. The largest absolute Gasteiger partial charge is 0.309 e. The van der Waals surface area contributed by atoms with E-state index in [1.165, 1.54) is 43.1 Å². The number of aromatic nitrogens is 7. The third-order valence-electron chi connectivity index (χ3n) is 19.5. The number of fused-ring (bicyclic) bond motifs is 18. The molecule has 7 aromatic heterocycles. The van der Waals surface area contributed by atoms with Crippen molar-refractivity contribution in [1.29, 1.82) is 5.26 Å². The zero-order chi connectivity index (χ0) is 60.3. The Labute approximate surface area is 526 Å². The summed E-state index contributed by atoms with van der Waals surface area (Å²) in [5, 5.41) is 24.8. The molecule has 0 amide bonds. The van der Waals surface area contributed by atoms with Crippen LogP contribution in [-0.4, -0.2) is 32.4 Å². The first-order valence-corrected chi connectivity index (χ1v) is 31.2. The quantitative estimate of drug-likeness (QED) is 0.160. The molecule has 0 aliphatic carbocycles. The minimum absolute atomic E-state index is 0.568. The van der Waals surface area contributed by atoms with Gasteiger partial charge in [-0.05, 0) is 139 Å². The molecule has 13 aromatic carbocycles. The van der Waals surface area contributed by atoms with Crippen molar-refractivity contribution in [3.05, 3.63) is 309 Å². The summed E-state index contributed by atoms with van der Waals surface area (Å²) >= 11 is 0. The van der Waals surface area contributed by atoms with Gasteiger partial charge < -0.3 is 27.4 Å². The summed E-state index contributed by atoms with van der Waals surface area (Å²) in [7, 11) is 0. The Hall–Kier alpha value is -12.7. The lowest BCUT2D eigenvalue weighted by molar-refractivity contribution is 1.09. The Morgan fingerprint density at radius 1 is 0.228 bits per heavy atom. The monoisotopic (exact) mass is 1170 g/mol. The highest BCUT2D eigenvalue weighted by Crippen LogP contribution is 2.46. The summed E-state index contributed by atoms with van der Waals surface area (Å²) in [6, 6.07) is 108. The van der Waals surface area contributed by atoms with Crippen molar-refractivity contribution >= 4 is 131 Å². The van der Waals surface area contributed by atoms with Gasteiger partial charge in [-0.15, -0.1) is 0 Å². The fraction of sp³-hybridized carbons (Fsp3) is 0. The van der Waals surface area contributed by atoms with Crippen molar-refractivity contribution in [3.8, 4) is 51.3 Å². The fourth-order valence-corrected chi connectivity index (χ4v) is 15.7. The number of nitriles is 1. The van der Waals surface area contributed by atoms with E-state index in [4.69, 9.17) is 4.98 Å². The van der Waals surface area contributed by atoms with E-state index in [0.29, 0.717) is 5.56 Å². The van der Waals surface area contributed by atoms with E-state index in [1.807, 2.05) is 30.6 Å². The van der Waals surface area contributed by atoms with Gasteiger partial charge in [-0.1, -0.05) is 158 Å². The minimum Gasteiger partial charge on any atom is -0.309 e. The molecule has 0 N–H and O–H groups in total. The van der Waals surface area contributed by atoms with Crippen molar-refractivity contribution in [2.24, 2.45) is 0 Å². The molecule has 0 aliphatic heterocycles. The molecule has 0 aliphatic rings. The molecule has 8 nitrogen and oxygen atoms in total. The molecule has 0 unspecified atom stereocenters. The van der Waals surface area contributed by atoms with Crippen LogP contribution in [0.3, 0.4) is 0 Å². The summed E-state index contributed by atoms with van der Waals surface area (Å²) in [4.78, 5) is 5.34. The van der Waals surface area contributed by atoms with Crippen molar-refractivity contribution in [2.45, 2.75) is 0 Å². The van der Waals surface area contributed by atoms with E-state index in [0.717, 1.165) is 133 Å². The Balaban J connectivity index is 0.889. The third kappa shape index (κ3) is 7.01. The molecule has 8 heteroatoms. The third-order valence-corrected chi connectivity index (χ3v) is 19.5. The maximum absolute atomic E-state index is 10.7. The molecular weight excluding hydrogens is 1120 g/mol. The lowest BCUT2D eigenvalue weighted by Crippen LogP contribution is -2.05. The summed E-state index contributed by atoms with van der Waals surface area (Å²) < 4.78 is 14.5. The number of nitrogens with zero attached hydrogens (tertiary/aromatic N) is 8. The van der Waals surface area contributed by atoms with E-state index in [-0.39, 0.29) is 0 Å². The Morgan fingerprint density at radius 3 is 0.739 bits per heavy atom. The van der Waals surface area contributed by atoms with Gasteiger partial charge in [0.1, 0.15) is 0 Å². The molecule has 0 saturated carbocycles. The standard InChI is InChI=1S/C84H50N8/c85-49-52-18-17-19-53(44-52)84-82(91-78-40-36-54(87-70-28-9-1-20-58(70)59-21-2-10-29-71(59)87)45-66(78)67-46-55(37-41-79(67)91)88-72-30-11-3-22-60(72)61-23-4-12-31-73(61)88)50-86-51-83(84)92-80-42-38-56(89-74-32-13-5-24-62(74)63-25-6-14-33-75(63)89)47-68(80)69-48-57(39-43-81(69)92)90-76-34-15-7-26-64(76)65-27-8-16-35-77(65)90/h1-48,50-51H. The van der Waals surface area contributed by atoms with Crippen LogP contribution in [-0.2, 0) is 0 Å². The maximum Gasteiger partial charge on any atom is 0.0991 e. The summed E-state index contributed by atoms with van der Waals surface area (Å²) in [5.41, 5.74) is 21.7. The van der Waals surface area contributed by atoms with Crippen LogP contribution < -0.4 is 0 Å². The summed E-state index contributed by atoms with van der Waals surface area (Å²) in [6.07, 6.45) is 4.04. The van der Waals surface area contributed by atoms with Crippen LogP contribution in [0.1, 0.15) is 5.56 Å². The molecule has 0 fully saturated rings. The second-order valence-corrected chi connectivity index (χ2v) is 24.2. The summed E-state index contributed by atoms with van der Waals surface area (Å²) in [5.74, 6) is 0. The van der Waals surface area contributed by atoms with Gasteiger partial charge in [0, 0.05) is 92.9 Å². The molecule has 0 spiro atoms. The molecule has 20 aromatic rings. The van der Waals surface area contributed by atoms with Gasteiger partial charge in [0.15, 0.2) is 0 Å². The zero-order valence-corrected chi connectivity index (χ0v) is 49.4. The summed E-state index contributed by atoms with van der Waals surface area (Å²) in [6.45, 7) is 0. The van der Waals surface area contributed by atoms with Crippen LogP contribution in [0.4, 0.5) is 0 Å². The van der Waals surface area contributed by atoms with Crippen molar-refractivity contribution in [3.63, 3.8) is 0 Å². The number of hydrogen-bond acceptors (Lipinski definition) is 2. The zero-order valence-electron chi connectivity index (χ0n) is 49.4. The van der Waals surface area contributed by atoms with Crippen LogP contribution in [0.15, 0.2) is 304 Å². The van der Waals surface area contributed by atoms with Crippen molar-refractivity contribution in [1.82, 2.24) is 32.4 Å². The van der Waals surface area contributed by atoms with Gasteiger partial charge in [0.25, 0.3) is 0 Å². The SMILES string of the molecule is N#Cc1cccc(-c2c(-n3c4ccc(-n5c6ccccc6c6ccccc65)cc4c4cc(-n5c6ccccc6c6ccccc65)ccc43)cncc2-n2c3ccc(-n4c5ccccc5c5ccccc54)cc3c3cc(-n4c5ccccc5c5ccccc54)ccc32)c1. The lowest BCUT2D eigenvalue weighted by Gasteiger charge is -2.20. The molecular formula is C84H50N8. The highest BCUT2D eigenvalue weighted by molar-refractivity contribution is 6.17. The maximum atomic E-state index is 10.7. The van der Waals surface area contributed by atoms with Crippen LogP contribution in [0.25, 0.3) is 176 Å². The first kappa shape index (κ1) is 50.3. The molecule has 7 heterocycles. The average Bonchev–Trinajstić information content (AvgIpc) is 1.55. The van der Waals surface area contributed by atoms with Crippen molar-refractivity contribution < 1.29 is 0 Å². The van der Waals surface area contributed by atoms with E-state index < -0.39 is 0 Å². The normalized spacial score (nSPS) is 12.1. The van der Waals surface area contributed by atoms with Crippen LogP contribution in [0, 0.1) is 11.3 Å². The fourth-order valence-electron chi connectivity index (χ4n) is 15.7. The van der Waals surface area contributed by atoms with Crippen molar-refractivity contribution in [2.75, 3.05) is 0 Å². The molecule has 0 atom stereocenters. The van der Waals surface area contributed by atoms with Crippen LogP contribution in [0.2, 0.25) is 0 Å². The highest BCUT2D eigenvalue weighted by atomic mass is 15.1. The number of pyridine rings is 1. The molecule has 0 radical (unpaired) electrons.